The van der Waals surface area contributed by atoms with E-state index in [9.17, 15) is 0 Å². The number of halogens is 4. The molecule has 0 bridgehead atoms. The highest BCUT2D eigenvalue weighted by Crippen LogP contribution is 2.13. The van der Waals surface area contributed by atoms with Crippen LogP contribution in [0.3, 0.4) is 0 Å². The van der Waals surface area contributed by atoms with E-state index in [0.717, 1.165) is 5.56 Å². The third-order valence-corrected chi connectivity index (χ3v) is 3.57. The smallest absolute Gasteiger partial charge is 0.127 e. The Labute approximate surface area is 160 Å². The van der Waals surface area contributed by atoms with Crippen molar-refractivity contribution in [3.8, 4) is 11.5 Å². The normalized spacial score (nSPS) is 9.31. The fourth-order valence-corrected chi connectivity index (χ4v) is 3.34. The van der Waals surface area contributed by atoms with Gasteiger partial charge in [0.25, 0.3) is 0 Å². The van der Waals surface area contributed by atoms with Gasteiger partial charge < -0.3 is 0 Å². The Kier molecular flexibility index (Phi) is 11.3. The minimum absolute atomic E-state index is 0. The third kappa shape index (κ3) is 8.93. The van der Waals surface area contributed by atoms with Gasteiger partial charge in [-0.15, -0.1) is 53.5 Å². The van der Waals surface area contributed by atoms with E-state index >= 15 is 0 Å². The van der Waals surface area contributed by atoms with Gasteiger partial charge in [-0.05, 0) is 63.4 Å². The minimum atomic E-state index is -1.24. The van der Waals surface area contributed by atoms with E-state index in [0.29, 0.717) is 0 Å². The van der Waals surface area contributed by atoms with Crippen LogP contribution in [-0.2, 0) is 0 Å². The molecule has 0 nitrogen and oxygen atoms in total. The van der Waals surface area contributed by atoms with Gasteiger partial charge in [0.15, 0.2) is 0 Å². The van der Waals surface area contributed by atoms with Crippen molar-refractivity contribution in [2.75, 3.05) is 0 Å². The van der Waals surface area contributed by atoms with E-state index in [-0.39, 0.29) is 48.0 Å². The van der Waals surface area contributed by atoms with E-state index < -0.39 is 8.07 Å². The largest absolute Gasteiger partial charge is 0.129 e. The van der Waals surface area contributed by atoms with Crippen LogP contribution in [0.2, 0.25) is 19.6 Å². The molecule has 1 aromatic carbocycles. The molecule has 90 valence electrons. The average molecular weight is 682 g/mol. The molecular formula is C11H14I4Si. The second kappa shape index (κ2) is 8.92. The summed E-state index contributed by atoms with van der Waals surface area (Å²) in [6.45, 7) is 6.79. The lowest BCUT2D eigenvalue weighted by Gasteiger charge is -2.03. The second-order valence-corrected chi connectivity index (χ2v) is 11.4. The highest BCUT2D eigenvalue weighted by molar-refractivity contribution is 14.1. The molecule has 0 aliphatic heterocycles. The van der Waals surface area contributed by atoms with Gasteiger partial charge in [0.2, 0.25) is 0 Å². The van der Waals surface area contributed by atoms with Gasteiger partial charge in [0.05, 0.1) is 0 Å². The Bertz CT molecular complexity index is 378. The first-order valence-electron chi connectivity index (χ1n) is 4.36. The van der Waals surface area contributed by atoms with Crippen molar-refractivity contribution in [3.05, 3.63) is 30.9 Å². The van der Waals surface area contributed by atoms with Crippen molar-refractivity contribution in [1.82, 2.24) is 0 Å². The van der Waals surface area contributed by atoms with E-state index in [2.05, 4.69) is 94.5 Å². The number of benzene rings is 1. The monoisotopic (exact) mass is 682 g/mol. The van der Waals surface area contributed by atoms with E-state index in [1.165, 1.54) is 7.14 Å². The Hall–Kier alpha value is 1.92. The summed E-state index contributed by atoms with van der Waals surface area (Å²) >= 11 is 4.66. The maximum atomic E-state index is 3.37. The van der Waals surface area contributed by atoms with Crippen LogP contribution in [0.1, 0.15) is 5.56 Å². The topological polar surface area (TPSA) is 0 Å². The molecule has 0 aliphatic rings. The predicted octanol–water partition coefficient (Wildman–Crippen LogP) is 5.36. The van der Waals surface area contributed by atoms with Crippen molar-refractivity contribution >= 4 is 101 Å². The van der Waals surface area contributed by atoms with Crippen molar-refractivity contribution in [3.63, 3.8) is 0 Å². The fourth-order valence-electron chi connectivity index (χ4n) is 0.886. The minimum Gasteiger partial charge on any atom is -0.127 e. The molecule has 0 atom stereocenters. The third-order valence-electron chi connectivity index (χ3n) is 1.44. The van der Waals surface area contributed by atoms with Gasteiger partial charge in [-0.2, -0.15) is 0 Å². The molecule has 0 saturated carbocycles. The van der Waals surface area contributed by atoms with Crippen LogP contribution < -0.4 is 0 Å². The highest BCUT2D eigenvalue weighted by atomic mass is 127. The molecular weight excluding hydrogens is 668 g/mol. The number of rotatable bonds is 0. The molecule has 0 aliphatic carbocycles. The number of hydrogen-bond donors (Lipinski definition) is 0. The molecule has 5 heteroatoms. The van der Waals surface area contributed by atoms with Gasteiger partial charge in [-0.3, -0.25) is 0 Å². The molecule has 0 radical (unpaired) electrons. The van der Waals surface area contributed by atoms with Crippen LogP contribution in [0.15, 0.2) is 18.2 Å². The molecule has 0 aromatic heterocycles. The molecule has 1 rings (SSSR count). The highest BCUT2D eigenvalue weighted by Gasteiger charge is 2.07. The van der Waals surface area contributed by atoms with Gasteiger partial charge in [-0.1, -0.05) is 25.6 Å². The average Bonchev–Trinajstić information content (AvgIpc) is 1.97. The second-order valence-electron chi connectivity index (χ2n) is 4.16. The van der Waals surface area contributed by atoms with Gasteiger partial charge in [-0.25, -0.2) is 0 Å². The summed E-state index contributed by atoms with van der Waals surface area (Å²) in [6, 6.07) is 6.42. The first kappa shape index (κ1) is 20.2. The van der Waals surface area contributed by atoms with Gasteiger partial charge in [0.1, 0.15) is 8.07 Å². The number of hydrogen-bond acceptors (Lipinski definition) is 0. The summed E-state index contributed by atoms with van der Waals surface area (Å²) in [5.74, 6) is 3.27. The van der Waals surface area contributed by atoms with Crippen molar-refractivity contribution in [2.24, 2.45) is 0 Å². The summed E-state index contributed by atoms with van der Waals surface area (Å²) in [5.41, 5.74) is 4.52. The molecule has 0 unspecified atom stereocenters. The van der Waals surface area contributed by atoms with Crippen molar-refractivity contribution < 1.29 is 0 Å². The van der Waals surface area contributed by atoms with Gasteiger partial charge >= 0.3 is 0 Å². The summed E-state index contributed by atoms with van der Waals surface area (Å²) in [7, 11) is -1.24. The lowest BCUT2D eigenvalue weighted by molar-refractivity contribution is 1.55. The molecule has 0 heterocycles. The molecule has 1 aromatic rings. The first-order valence-corrected chi connectivity index (χ1v) is 10.0. The predicted molar refractivity (Wildman–Crippen MR) is 113 cm³/mol. The lowest BCUT2D eigenvalue weighted by atomic mass is 10.2. The Morgan fingerprint density at radius 3 is 1.75 bits per heavy atom. The maximum absolute atomic E-state index is 3.37. The van der Waals surface area contributed by atoms with Crippen LogP contribution in [0.4, 0.5) is 0 Å². The molecule has 0 saturated heterocycles. The van der Waals surface area contributed by atoms with E-state index in [1.807, 2.05) is 0 Å². The Balaban J connectivity index is 0. The fraction of sp³-hybridized carbons (Fsp3) is 0.273. The molecule has 0 N–H and O–H groups in total. The maximum Gasteiger partial charge on any atom is 0.129 e. The van der Waals surface area contributed by atoms with Crippen molar-refractivity contribution in [2.45, 2.75) is 19.6 Å². The molecule has 0 spiro atoms. The van der Waals surface area contributed by atoms with Crippen LogP contribution in [0.25, 0.3) is 0 Å². The standard InChI is InChI=1S/C11H12I2Si.2HI/c1-14(2,3)5-4-9-6-10(12)8-11(13)7-9;;/h6-8H,1-3H3;2*1H. The quantitative estimate of drug-likeness (QED) is 0.197. The van der Waals surface area contributed by atoms with E-state index in [1.54, 1.807) is 0 Å². The summed E-state index contributed by atoms with van der Waals surface area (Å²) in [5, 5.41) is 0. The van der Waals surface area contributed by atoms with Gasteiger partial charge in [0, 0.05) is 12.7 Å². The zero-order valence-corrected chi connectivity index (χ0v) is 19.3. The zero-order chi connectivity index (χ0) is 10.8. The Morgan fingerprint density at radius 1 is 0.938 bits per heavy atom. The lowest BCUT2D eigenvalue weighted by Crippen LogP contribution is -2.16. The van der Waals surface area contributed by atoms with Crippen molar-refractivity contribution in [1.29, 1.82) is 0 Å². The first-order chi connectivity index (χ1) is 6.37. The molecule has 16 heavy (non-hydrogen) atoms. The SMILES string of the molecule is C[Si](C)(C)C#Cc1cc(I)cc(I)c1.I.I. The van der Waals surface area contributed by atoms with E-state index in [4.69, 9.17) is 0 Å². The Morgan fingerprint density at radius 2 is 1.38 bits per heavy atom. The van der Waals surface area contributed by atoms with Crippen LogP contribution in [0, 0.1) is 18.6 Å². The summed E-state index contributed by atoms with van der Waals surface area (Å²) in [6.07, 6.45) is 0. The molecule has 0 fully saturated rings. The van der Waals surface area contributed by atoms with Crippen LogP contribution in [0.5, 0.6) is 0 Å². The summed E-state index contributed by atoms with van der Waals surface area (Å²) in [4.78, 5) is 0. The molecule has 0 amide bonds. The van der Waals surface area contributed by atoms with Crippen LogP contribution >= 0.6 is 93.1 Å². The van der Waals surface area contributed by atoms with Crippen LogP contribution in [-0.4, -0.2) is 8.07 Å². The zero-order valence-electron chi connectivity index (χ0n) is 9.30. The summed E-state index contributed by atoms with van der Waals surface area (Å²) < 4.78 is 2.52.